The molecule has 1 aromatic rings. The summed E-state index contributed by atoms with van der Waals surface area (Å²) in [4.78, 5) is 17.0. The number of fused-ring (bicyclic) bond motifs is 2. The molecular weight excluding hydrogens is 317 g/mol. The molecule has 3 aliphatic rings. The molecule has 2 saturated heterocycles. The van der Waals surface area contributed by atoms with Gasteiger partial charge in [-0.2, -0.15) is 0 Å². The average Bonchev–Trinajstić information content (AvgIpc) is 3.20. The molecule has 0 radical (unpaired) electrons. The monoisotopic (exact) mass is 345 g/mol. The van der Waals surface area contributed by atoms with Crippen LogP contribution in [0.15, 0.2) is 24.3 Å². The molecule has 2 bridgehead atoms. The van der Waals surface area contributed by atoms with Crippen LogP contribution >= 0.6 is 0 Å². The highest BCUT2D eigenvalue weighted by Crippen LogP contribution is 2.36. The maximum absolute atomic E-state index is 13.0. The van der Waals surface area contributed by atoms with Gasteiger partial charge in [0.2, 0.25) is 0 Å². The van der Waals surface area contributed by atoms with Crippen LogP contribution in [0.1, 0.15) is 31.2 Å². The van der Waals surface area contributed by atoms with Crippen LogP contribution in [0.3, 0.4) is 0 Å². The van der Waals surface area contributed by atoms with Crippen molar-refractivity contribution in [2.45, 2.75) is 38.1 Å². The summed E-state index contributed by atoms with van der Waals surface area (Å²) in [5.74, 6) is 1.29. The molecule has 1 N–H and O–H groups in total. The van der Waals surface area contributed by atoms with E-state index >= 15 is 0 Å². The van der Waals surface area contributed by atoms with Crippen molar-refractivity contribution in [2.24, 2.45) is 11.8 Å². The summed E-state index contributed by atoms with van der Waals surface area (Å²) in [6.45, 7) is 4.81. The number of hydrogen-bond donors (Lipinski definition) is 1. The number of piperidine rings is 1. The summed E-state index contributed by atoms with van der Waals surface area (Å²) < 4.78 is 13.0. The van der Waals surface area contributed by atoms with E-state index in [9.17, 15) is 9.18 Å². The average molecular weight is 345 g/mol. The van der Waals surface area contributed by atoms with Gasteiger partial charge in [-0.25, -0.2) is 9.18 Å². The summed E-state index contributed by atoms with van der Waals surface area (Å²) in [6.07, 6.45) is 5.88. The maximum Gasteiger partial charge on any atom is 0.317 e. The number of carbonyl (C=O) groups excluding carboxylic acids is 1. The second kappa shape index (κ2) is 7.32. The van der Waals surface area contributed by atoms with Crippen molar-refractivity contribution in [3.8, 4) is 0 Å². The summed E-state index contributed by atoms with van der Waals surface area (Å²) in [5, 5.41) is 3.25. The van der Waals surface area contributed by atoms with E-state index in [4.69, 9.17) is 0 Å². The maximum atomic E-state index is 13.0. The molecule has 25 heavy (non-hydrogen) atoms. The summed E-state index contributed by atoms with van der Waals surface area (Å²) >= 11 is 0. The lowest BCUT2D eigenvalue weighted by molar-refractivity contribution is 0.158. The first-order valence-corrected chi connectivity index (χ1v) is 9.68. The number of hydrogen-bond acceptors (Lipinski definition) is 2. The Kier molecular flexibility index (Phi) is 4.93. The Morgan fingerprint density at radius 2 is 1.80 bits per heavy atom. The molecule has 3 fully saturated rings. The second-order valence-corrected chi connectivity index (χ2v) is 8.06. The first-order chi connectivity index (χ1) is 12.2. The molecule has 2 heterocycles. The lowest BCUT2D eigenvalue weighted by atomic mass is 9.99. The molecule has 5 heteroatoms. The first kappa shape index (κ1) is 16.8. The van der Waals surface area contributed by atoms with Gasteiger partial charge < -0.3 is 15.1 Å². The van der Waals surface area contributed by atoms with E-state index in [1.165, 1.54) is 31.4 Å². The van der Waals surface area contributed by atoms with Crippen LogP contribution in [0.5, 0.6) is 0 Å². The molecule has 3 unspecified atom stereocenters. The smallest absolute Gasteiger partial charge is 0.317 e. The number of rotatable bonds is 4. The van der Waals surface area contributed by atoms with Gasteiger partial charge >= 0.3 is 6.03 Å². The minimum Gasteiger partial charge on any atom is -0.334 e. The largest absolute Gasteiger partial charge is 0.334 e. The molecule has 2 amide bonds. The van der Waals surface area contributed by atoms with Crippen LogP contribution in [-0.4, -0.2) is 54.6 Å². The Labute approximate surface area is 149 Å². The predicted octanol–water partition coefficient (Wildman–Crippen LogP) is 2.88. The molecular formula is C20H28FN3O. The number of nitrogens with one attached hydrogen (secondary N) is 1. The van der Waals surface area contributed by atoms with Crippen LogP contribution in [-0.2, 0) is 6.42 Å². The van der Waals surface area contributed by atoms with Crippen molar-refractivity contribution >= 4 is 6.03 Å². The van der Waals surface area contributed by atoms with Crippen molar-refractivity contribution in [3.05, 3.63) is 35.6 Å². The highest BCUT2D eigenvalue weighted by molar-refractivity contribution is 5.74. The minimum atomic E-state index is -0.182. The van der Waals surface area contributed by atoms with Crippen molar-refractivity contribution in [1.82, 2.24) is 15.1 Å². The van der Waals surface area contributed by atoms with E-state index in [0.29, 0.717) is 0 Å². The van der Waals surface area contributed by atoms with Gasteiger partial charge in [-0.05, 0) is 61.6 Å². The van der Waals surface area contributed by atoms with Gasteiger partial charge in [0.05, 0.1) is 0 Å². The van der Waals surface area contributed by atoms with Crippen LogP contribution in [0.4, 0.5) is 9.18 Å². The van der Waals surface area contributed by atoms with Gasteiger partial charge in [0.1, 0.15) is 5.82 Å². The van der Waals surface area contributed by atoms with Crippen LogP contribution in [0.25, 0.3) is 0 Å². The van der Waals surface area contributed by atoms with Gasteiger partial charge in [-0.1, -0.05) is 12.1 Å². The quantitative estimate of drug-likeness (QED) is 0.911. The highest BCUT2D eigenvalue weighted by Gasteiger charge is 2.35. The number of likely N-dealkylation sites (tertiary alicyclic amines) is 2. The Bertz CT molecular complexity index is 593. The number of benzene rings is 1. The topological polar surface area (TPSA) is 35.6 Å². The second-order valence-electron chi connectivity index (χ2n) is 8.06. The lowest BCUT2D eigenvalue weighted by Crippen LogP contribution is -2.49. The molecule has 1 aliphatic carbocycles. The fraction of sp³-hybridized carbons (Fsp3) is 0.650. The zero-order chi connectivity index (χ0) is 17.2. The number of amides is 2. The normalized spacial score (nSPS) is 29.2. The van der Waals surface area contributed by atoms with E-state index in [1.54, 1.807) is 0 Å². The Hall–Kier alpha value is -1.62. The van der Waals surface area contributed by atoms with E-state index in [2.05, 4.69) is 10.2 Å². The Morgan fingerprint density at radius 3 is 2.52 bits per heavy atom. The lowest BCUT2D eigenvalue weighted by Gasteiger charge is -2.32. The molecule has 0 spiro atoms. The fourth-order valence-corrected chi connectivity index (χ4v) is 4.73. The number of urea groups is 1. The number of carbonyl (C=O) groups is 1. The Morgan fingerprint density at radius 1 is 1.08 bits per heavy atom. The van der Waals surface area contributed by atoms with Gasteiger partial charge in [0.25, 0.3) is 0 Å². The van der Waals surface area contributed by atoms with Crippen LogP contribution < -0.4 is 5.32 Å². The summed E-state index contributed by atoms with van der Waals surface area (Å²) in [5.41, 5.74) is 1.16. The number of nitrogens with zero attached hydrogens (tertiary/aromatic N) is 2. The van der Waals surface area contributed by atoms with Crippen molar-refractivity contribution in [1.29, 1.82) is 0 Å². The van der Waals surface area contributed by atoms with Crippen LogP contribution in [0, 0.1) is 17.7 Å². The zero-order valence-electron chi connectivity index (χ0n) is 14.8. The molecule has 4 nitrogen and oxygen atoms in total. The van der Waals surface area contributed by atoms with Gasteiger partial charge in [0.15, 0.2) is 0 Å². The number of halogens is 1. The van der Waals surface area contributed by atoms with Crippen molar-refractivity contribution in [3.63, 3.8) is 0 Å². The molecule has 1 saturated carbocycles. The van der Waals surface area contributed by atoms with E-state index in [0.717, 1.165) is 63.0 Å². The van der Waals surface area contributed by atoms with E-state index < -0.39 is 0 Å². The third-order valence-electron chi connectivity index (χ3n) is 6.12. The molecule has 4 rings (SSSR count). The molecule has 136 valence electrons. The molecule has 0 aromatic heterocycles. The van der Waals surface area contributed by atoms with Crippen LogP contribution in [0.2, 0.25) is 0 Å². The highest BCUT2D eigenvalue weighted by atomic mass is 19.1. The third-order valence-corrected chi connectivity index (χ3v) is 6.12. The first-order valence-electron chi connectivity index (χ1n) is 9.68. The standard InChI is InChI=1S/C20H28FN3O/c21-18-5-3-15(4-6-18)7-9-23-10-8-19(14-23)22-20(25)24-12-16-1-2-17(11-16)13-24/h3-6,16-17,19H,1-2,7-14H2,(H,22,25). The minimum absolute atomic E-state index is 0.141. The van der Waals surface area contributed by atoms with Crippen molar-refractivity contribution in [2.75, 3.05) is 32.7 Å². The summed E-state index contributed by atoms with van der Waals surface area (Å²) in [7, 11) is 0. The molecule has 1 aromatic carbocycles. The third kappa shape index (κ3) is 4.14. The SMILES string of the molecule is O=C(NC1CCN(CCc2ccc(F)cc2)C1)N1CC2CCC(C2)C1. The van der Waals surface area contributed by atoms with E-state index in [1.807, 2.05) is 17.0 Å². The fourth-order valence-electron chi connectivity index (χ4n) is 4.73. The van der Waals surface area contributed by atoms with Gasteiger partial charge in [0, 0.05) is 38.8 Å². The van der Waals surface area contributed by atoms with Gasteiger partial charge in [-0.3, -0.25) is 0 Å². The van der Waals surface area contributed by atoms with Gasteiger partial charge in [-0.15, -0.1) is 0 Å². The Balaban J connectivity index is 1.21. The van der Waals surface area contributed by atoms with E-state index in [-0.39, 0.29) is 17.9 Å². The molecule has 2 aliphatic heterocycles. The predicted molar refractivity (Wildman–Crippen MR) is 95.9 cm³/mol. The zero-order valence-corrected chi connectivity index (χ0v) is 14.8. The van der Waals surface area contributed by atoms with Crippen molar-refractivity contribution < 1.29 is 9.18 Å². The summed E-state index contributed by atoms with van der Waals surface area (Å²) in [6, 6.07) is 7.16. The molecule has 3 atom stereocenters.